The van der Waals surface area contributed by atoms with Crippen molar-refractivity contribution in [3.63, 3.8) is 0 Å². The number of carbonyl (C=O) groups excluding carboxylic acids is 1. The smallest absolute Gasteiger partial charge is 0.387 e. The van der Waals surface area contributed by atoms with Crippen LogP contribution in [-0.4, -0.2) is 19.2 Å². The van der Waals surface area contributed by atoms with Crippen LogP contribution in [0.3, 0.4) is 0 Å². The third-order valence-electron chi connectivity index (χ3n) is 3.01. The van der Waals surface area contributed by atoms with Crippen LogP contribution in [0.15, 0.2) is 18.2 Å². The Labute approximate surface area is 123 Å². The molecule has 0 fully saturated rings. The highest BCUT2D eigenvalue weighted by Crippen LogP contribution is 2.29. The van der Waals surface area contributed by atoms with Gasteiger partial charge in [0.1, 0.15) is 5.75 Å². The van der Waals surface area contributed by atoms with E-state index >= 15 is 0 Å². The van der Waals surface area contributed by atoms with Crippen LogP contribution in [-0.2, 0) is 0 Å². The van der Waals surface area contributed by atoms with Crippen LogP contribution in [0, 0.1) is 6.92 Å². The van der Waals surface area contributed by atoms with Gasteiger partial charge >= 0.3 is 12.6 Å². The van der Waals surface area contributed by atoms with E-state index in [-0.39, 0.29) is 11.4 Å². The lowest BCUT2D eigenvalue weighted by Gasteiger charge is -2.14. The summed E-state index contributed by atoms with van der Waals surface area (Å²) in [5.41, 5.74) is 0.929. The molecule has 0 aliphatic heterocycles. The van der Waals surface area contributed by atoms with Crippen LogP contribution < -0.4 is 15.4 Å². The van der Waals surface area contributed by atoms with Crippen molar-refractivity contribution in [2.24, 2.45) is 0 Å². The van der Waals surface area contributed by atoms with Gasteiger partial charge in [-0.05, 0) is 25.0 Å². The maximum atomic E-state index is 12.3. The number of aryl methyl sites for hydroxylation is 1. The van der Waals surface area contributed by atoms with E-state index in [1.807, 2.05) is 0 Å². The van der Waals surface area contributed by atoms with Gasteiger partial charge in [0.2, 0.25) is 0 Å². The van der Waals surface area contributed by atoms with E-state index in [4.69, 9.17) is 0 Å². The highest BCUT2D eigenvalue weighted by molar-refractivity contribution is 5.91. The van der Waals surface area contributed by atoms with Crippen molar-refractivity contribution < 1.29 is 18.3 Å². The average molecular weight is 300 g/mol. The van der Waals surface area contributed by atoms with E-state index in [1.54, 1.807) is 19.1 Å². The Hall–Kier alpha value is -1.85. The topological polar surface area (TPSA) is 50.4 Å². The lowest BCUT2D eigenvalue weighted by Crippen LogP contribution is -2.30. The van der Waals surface area contributed by atoms with Gasteiger partial charge < -0.3 is 15.4 Å². The quantitative estimate of drug-likeness (QED) is 0.703. The number of alkyl halides is 2. The molecule has 2 N–H and O–H groups in total. The van der Waals surface area contributed by atoms with Gasteiger partial charge in [0.15, 0.2) is 0 Å². The first kappa shape index (κ1) is 17.2. The van der Waals surface area contributed by atoms with Gasteiger partial charge in [-0.3, -0.25) is 0 Å². The van der Waals surface area contributed by atoms with E-state index in [0.717, 1.165) is 25.7 Å². The molecule has 0 bridgehead atoms. The number of rotatable bonds is 8. The van der Waals surface area contributed by atoms with Crippen molar-refractivity contribution in [1.82, 2.24) is 5.32 Å². The second-order valence-electron chi connectivity index (χ2n) is 4.77. The maximum absolute atomic E-state index is 12.3. The number of hydrogen-bond acceptors (Lipinski definition) is 2. The summed E-state index contributed by atoms with van der Waals surface area (Å²) in [5, 5.41) is 5.27. The molecule has 1 aromatic rings. The van der Waals surface area contributed by atoms with Crippen molar-refractivity contribution in [3.8, 4) is 5.75 Å². The largest absolute Gasteiger partial charge is 0.433 e. The predicted molar refractivity (Wildman–Crippen MR) is 79.0 cm³/mol. The van der Waals surface area contributed by atoms with Crippen molar-refractivity contribution in [1.29, 1.82) is 0 Å². The minimum Gasteiger partial charge on any atom is -0.433 e. The van der Waals surface area contributed by atoms with Crippen molar-refractivity contribution in [3.05, 3.63) is 23.8 Å². The van der Waals surface area contributed by atoms with E-state index in [0.29, 0.717) is 12.1 Å². The minimum atomic E-state index is -2.93. The predicted octanol–water partition coefficient (Wildman–Crippen LogP) is 4.30. The molecule has 6 heteroatoms. The number of nitrogens with one attached hydrogen (secondary N) is 2. The molecule has 21 heavy (non-hydrogen) atoms. The molecule has 2 amide bonds. The normalized spacial score (nSPS) is 10.5. The summed E-state index contributed by atoms with van der Waals surface area (Å²) in [7, 11) is 0. The van der Waals surface area contributed by atoms with Crippen LogP contribution in [0.1, 0.15) is 38.2 Å². The van der Waals surface area contributed by atoms with Crippen LogP contribution >= 0.6 is 0 Å². The van der Waals surface area contributed by atoms with E-state index in [1.165, 1.54) is 6.07 Å². The second kappa shape index (κ2) is 9.15. The monoisotopic (exact) mass is 300 g/mol. The fraction of sp³-hybridized carbons (Fsp3) is 0.533. The number of benzene rings is 1. The SMILES string of the molecule is CCCCCCNC(=O)Nc1c(C)cccc1OC(F)F. The molecule has 0 saturated heterocycles. The summed E-state index contributed by atoms with van der Waals surface area (Å²) in [4.78, 5) is 11.8. The lowest BCUT2D eigenvalue weighted by molar-refractivity contribution is -0.0493. The Morgan fingerprint density at radius 3 is 2.71 bits per heavy atom. The molecule has 0 heterocycles. The standard InChI is InChI=1S/C15H22F2N2O2/c1-3-4-5-6-10-18-15(20)19-13-11(2)8-7-9-12(13)21-14(16)17/h7-9,14H,3-6,10H2,1-2H3,(H2,18,19,20). The van der Waals surface area contributed by atoms with Crippen LogP contribution in [0.25, 0.3) is 0 Å². The van der Waals surface area contributed by atoms with Crippen molar-refractivity contribution in [2.75, 3.05) is 11.9 Å². The third-order valence-corrected chi connectivity index (χ3v) is 3.01. The number of hydrogen-bond donors (Lipinski definition) is 2. The van der Waals surface area contributed by atoms with Gasteiger partial charge in [-0.15, -0.1) is 0 Å². The average Bonchev–Trinajstić information content (AvgIpc) is 2.42. The Morgan fingerprint density at radius 1 is 1.29 bits per heavy atom. The van der Waals surface area contributed by atoms with Gasteiger partial charge in [0.05, 0.1) is 5.69 Å². The molecule has 1 aromatic carbocycles. The summed E-state index contributed by atoms with van der Waals surface area (Å²) in [6.07, 6.45) is 4.22. The number of anilines is 1. The van der Waals surface area contributed by atoms with Crippen molar-refractivity contribution in [2.45, 2.75) is 46.1 Å². The second-order valence-corrected chi connectivity index (χ2v) is 4.77. The maximum Gasteiger partial charge on any atom is 0.387 e. The highest BCUT2D eigenvalue weighted by Gasteiger charge is 2.13. The molecule has 1 rings (SSSR count). The first-order valence-electron chi connectivity index (χ1n) is 7.14. The van der Waals surface area contributed by atoms with Gasteiger partial charge in [0.25, 0.3) is 0 Å². The number of unbranched alkanes of at least 4 members (excludes halogenated alkanes) is 3. The van der Waals surface area contributed by atoms with E-state index < -0.39 is 12.6 Å². The van der Waals surface area contributed by atoms with Crippen LogP contribution in [0.4, 0.5) is 19.3 Å². The van der Waals surface area contributed by atoms with Crippen LogP contribution in [0.5, 0.6) is 5.75 Å². The zero-order valence-corrected chi connectivity index (χ0v) is 12.4. The molecular weight excluding hydrogens is 278 g/mol. The fourth-order valence-electron chi connectivity index (χ4n) is 1.91. The van der Waals surface area contributed by atoms with Gasteiger partial charge in [-0.1, -0.05) is 38.3 Å². The third kappa shape index (κ3) is 6.42. The Balaban J connectivity index is 2.54. The first-order valence-corrected chi connectivity index (χ1v) is 7.14. The van der Waals surface area contributed by atoms with Crippen molar-refractivity contribution >= 4 is 11.7 Å². The van der Waals surface area contributed by atoms with Gasteiger partial charge in [0, 0.05) is 6.54 Å². The Kier molecular flexibility index (Phi) is 7.50. The van der Waals surface area contributed by atoms with E-state index in [9.17, 15) is 13.6 Å². The molecule has 4 nitrogen and oxygen atoms in total. The summed E-state index contributed by atoms with van der Waals surface area (Å²) >= 11 is 0. The molecule has 0 unspecified atom stereocenters. The number of carbonyl (C=O) groups is 1. The van der Waals surface area contributed by atoms with Gasteiger partial charge in [-0.2, -0.15) is 8.78 Å². The fourth-order valence-corrected chi connectivity index (χ4v) is 1.91. The Bertz CT molecular complexity index is 453. The Morgan fingerprint density at radius 2 is 2.05 bits per heavy atom. The molecule has 0 saturated carbocycles. The van der Waals surface area contributed by atoms with Crippen LogP contribution in [0.2, 0.25) is 0 Å². The molecule has 0 radical (unpaired) electrons. The molecule has 0 aromatic heterocycles. The van der Waals surface area contributed by atoms with Gasteiger partial charge in [-0.25, -0.2) is 4.79 Å². The number of urea groups is 1. The molecule has 0 aliphatic carbocycles. The minimum absolute atomic E-state index is 0.0360. The number of ether oxygens (including phenoxy) is 1. The molecular formula is C15H22F2N2O2. The lowest BCUT2D eigenvalue weighted by atomic mass is 10.2. The molecule has 0 atom stereocenters. The summed E-state index contributed by atoms with van der Waals surface area (Å²) in [6.45, 7) is 1.46. The molecule has 0 spiro atoms. The summed E-state index contributed by atoms with van der Waals surface area (Å²) < 4.78 is 29.1. The summed E-state index contributed by atoms with van der Waals surface area (Å²) in [5.74, 6) is -0.0360. The highest BCUT2D eigenvalue weighted by atomic mass is 19.3. The molecule has 118 valence electrons. The zero-order valence-electron chi connectivity index (χ0n) is 12.4. The number of para-hydroxylation sites is 1. The number of amides is 2. The number of halogens is 2. The molecule has 0 aliphatic rings. The zero-order chi connectivity index (χ0) is 15.7. The van der Waals surface area contributed by atoms with E-state index in [2.05, 4.69) is 22.3 Å². The first-order chi connectivity index (χ1) is 10.0. The summed E-state index contributed by atoms with van der Waals surface area (Å²) in [6, 6.07) is 4.30.